The molecule has 0 amide bonds. The molecule has 0 N–H and O–H groups in total. The van der Waals surface area contributed by atoms with Crippen LogP contribution in [0.4, 0.5) is 5.69 Å². The zero-order valence-electron chi connectivity index (χ0n) is 10.2. The van der Waals surface area contributed by atoms with Gasteiger partial charge in [-0.1, -0.05) is 5.16 Å². The maximum Gasteiger partial charge on any atom is 0.287 e. The number of nitrogens with zero attached hydrogens (tertiary/aromatic N) is 5. The highest BCUT2D eigenvalue weighted by molar-refractivity contribution is 9.10. The highest BCUT2D eigenvalue weighted by Gasteiger charge is 2.13. The Labute approximate surface area is 126 Å². The summed E-state index contributed by atoms with van der Waals surface area (Å²) in [5.41, 5.74) is 1.20. The number of nitro groups is 1. The maximum atomic E-state index is 10.6. The van der Waals surface area contributed by atoms with Crippen molar-refractivity contribution in [3.8, 4) is 22.8 Å². The minimum atomic E-state index is -0.517. The summed E-state index contributed by atoms with van der Waals surface area (Å²) in [4.78, 5) is 22.0. The third-order valence-corrected chi connectivity index (χ3v) is 2.91. The van der Waals surface area contributed by atoms with Gasteiger partial charge in [-0.3, -0.25) is 10.1 Å². The molecule has 103 valence electrons. The van der Waals surface area contributed by atoms with Crippen molar-refractivity contribution in [1.29, 1.82) is 0 Å². The molecule has 0 aromatic carbocycles. The lowest BCUT2D eigenvalue weighted by Gasteiger charge is -1.94. The second-order valence-electron chi connectivity index (χ2n) is 3.89. The van der Waals surface area contributed by atoms with E-state index in [-0.39, 0.29) is 5.69 Å². The molecule has 0 fully saturated rings. The number of halogens is 1. The molecule has 0 aliphatic carbocycles. The third-order valence-electron chi connectivity index (χ3n) is 2.52. The van der Waals surface area contributed by atoms with Crippen LogP contribution in [-0.4, -0.2) is 25.0 Å². The van der Waals surface area contributed by atoms with Gasteiger partial charge in [0.1, 0.15) is 28.4 Å². The van der Waals surface area contributed by atoms with Gasteiger partial charge >= 0.3 is 0 Å². The summed E-state index contributed by atoms with van der Waals surface area (Å²) < 4.78 is 5.70. The number of hydrogen-bond acceptors (Lipinski definition) is 7. The summed E-state index contributed by atoms with van der Waals surface area (Å²) in [6.07, 6.45) is 5.34. The van der Waals surface area contributed by atoms with E-state index in [9.17, 15) is 10.1 Å². The summed E-state index contributed by atoms with van der Waals surface area (Å²) in [5.74, 6) is 0.374. The number of aromatic nitrogens is 4. The van der Waals surface area contributed by atoms with Crippen LogP contribution in [-0.2, 0) is 0 Å². The highest BCUT2D eigenvalue weighted by Crippen LogP contribution is 2.24. The van der Waals surface area contributed by atoms with Crippen LogP contribution >= 0.6 is 15.9 Å². The molecule has 3 rings (SSSR count). The van der Waals surface area contributed by atoms with Gasteiger partial charge in [0.2, 0.25) is 0 Å². The SMILES string of the molecule is O=[N+]([O-])c1ccc(-c2cc(-c3[c]ncc(Br)n3)on2)nc1. The molecule has 0 saturated heterocycles. The van der Waals surface area contributed by atoms with E-state index >= 15 is 0 Å². The zero-order chi connectivity index (χ0) is 14.8. The fraction of sp³-hybridized carbons (Fsp3) is 0. The van der Waals surface area contributed by atoms with E-state index in [0.717, 1.165) is 6.20 Å². The van der Waals surface area contributed by atoms with Gasteiger partial charge in [0, 0.05) is 12.1 Å². The van der Waals surface area contributed by atoms with Crippen molar-refractivity contribution in [2.24, 2.45) is 0 Å². The van der Waals surface area contributed by atoms with E-state index in [2.05, 4.69) is 42.2 Å². The van der Waals surface area contributed by atoms with E-state index in [1.54, 1.807) is 6.07 Å². The third kappa shape index (κ3) is 2.77. The number of rotatable bonds is 3. The van der Waals surface area contributed by atoms with Gasteiger partial charge in [-0.05, 0) is 22.0 Å². The first-order valence-corrected chi connectivity index (χ1v) is 6.41. The molecule has 0 unspecified atom stereocenters. The Morgan fingerprint density at radius 2 is 2.14 bits per heavy atom. The summed E-state index contributed by atoms with van der Waals surface area (Å²) in [5, 5.41) is 14.4. The van der Waals surface area contributed by atoms with Crippen LogP contribution < -0.4 is 0 Å². The molecule has 21 heavy (non-hydrogen) atoms. The summed E-state index contributed by atoms with van der Waals surface area (Å²) in [6.45, 7) is 0. The first kappa shape index (κ1) is 13.3. The van der Waals surface area contributed by atoms with Crippen molar-refractivity contribution < 1.29 is 9.45 Å². The fourth-order valence-corrected chi connectivity index (χ4v) is 1.85. The summed E-state index contributed by atoms with van der Waals surface area (Å²) in [7, 11) is 0. The molecular formula is C12H5BrN5O3. The van der Waals surface area contributed by atoms with E-state index in [1.807, 2.05) is 0 Å². The molecule has 0 aliphatic heterocycles. The van der Waals surface area contributed by atoms with Crippen LogP contribution in [0.2, 0.25) is 0 Å². The molecule has 0 atom stereocenters. The standard InChI is InChI=1S/C12H5BrN5O3/c13-12-6-14-5-10(16-12)11-3-9(17-21-11)8-2-1-7(4-15-8)18(19)20/h1-4,6H. The monoisotopic (exact) mass is 346 g/mol. The Kier molecular flexibility index (Phi) is 3.40. The molecule has 3 heterocycles. The van der Waals surface area contributed by atoms with E-state index in [4.69, 9.17) is 4.52 Å². The highest BCUT2D eigenvalue weighted by atomic mass is 79.9. The molecule has 0 saturated carbocycles. The van der Waals surface area contributed by atoms with Gasteiger partial charge in [-0.15, -0.1) is 0 Å². The van der Waals surface area contributed by atoms with Crippen LogP contribution in [0.5, 0.6) is 0 Å². The first-order chi connectivity index (χ1) is 10.1. The van der Waals surface area contributed by atoms with Gasteiger partial charge in [0.15, 0.2) is 5.76 Å². The largest absolute Gasteiger partial charge is 0.354 e. The molecule has 9 heteroatoms. The molecule has 3 aromatic heterocycles. The van der Waals surface area contributed by atoms with Crippen molar-refractivity contribution >= 4 is 21.6 Å². The maximum absolute atomic E-state index is 10.6. The Bertz CT molecular complexity index is 803. The van der Waals surface area contributed by atoms with E-state index in [0.29, 0.717) is 27.4 Å². The Hall–Kier alpha value is -2.68. The molecule has 0 aliphatic rings. The zero-order valence-corrected chi connectivity index (χ0v) is 11.8. The lowest BCUT2D eigenvalue weighted by molar-refractivity contribution is -0.385. The van der Waals surface area contributed by atoms with Crippen molar-refractivity contribution in [1.82, 2.24) is 20.1 Å². The normalized spacial score (nSPS) is 10.5. The molecule has 0 bridgehead atoms. The van der Waals surface area contributed by atoms with Crippen molar-refractivity contribution in [3.05, 3.63) is 51.5 Å². The average Bonchev–Trinajstić information content (AvgIpc) is 2.97. The predicted octanol–water partition coefficient (Wildman–Crippen LogP) is 2.66. The topological polar surface area (TPSA) is 108 Å². The number of pyridine rings is 1. The summed E-state index contributed by atoms with van der Waals surface area (Å²) in [6, 6.07) is 4.46. The van der Waals surface area contributed by atoms with Crippen molar-refractivity contribution in [3.63, 3.8) is 0 Å². The molecule has 3 aromatic rings. The van der Waals surface area contributed by atoms with Crippen molar-refractivity contribution in [2.75, 3.05) is 0 Å². The molecule has 1 radical (unpaired) electrons. The quantitative estimate of drug-likeness (QED) is 0.529. The Balaban J connectivity index is 1.93. The van der Waals surface area contributed by atoms with Gasteiger partial charge in [-0.25, -0.2) is 15.0 Å². The van der Waals surface area contributed by atoms with Crippen LogP contribution in [0.3, 0.4) is 0 Å². The summed E-state index contributed by atoms with van der Waals surface area (Å²) >= 11 is 3.20. The average molecular weight is 347 g/mol. The Morgan fingerprint density at radius 1 is 1.29 bits per heavy atom. The van der Waals surface area contributed by atoms with Crippen LogP contribution in [0.25, 0.3) is 22.8 Å². The second kappa shape index (κ2) is 5.37. The van der Waals surface area contributed by atoms with Crippen LogP contribution in [0.1, 0.15) is 0 Å². The fourth-order valence-electron chi connectivity index (χ4n) is 1.57. The molecular weight excluding hydrogens is 342 g/mol. The van der Waals surface area contributed by atoms with E-state index < -0.39 is 4.92 Å². The smallest absolute Gasteiger partial charge is 0.287 e. The Morgan fingerprint density at radius 3 is 2.81 bits per heavy atom. The lowest BCUT2D eigenvalue weighted by atomic mass is 10.2. The van der Waals surface area contributed by atoms with Crippen LogP contribution in [0.15, 0.2) is 39.7 Å². The molecule has 8 nitrogen and oxygen atoms in total. The second-order valence-corrected chi connectivity index (χ2v) is 4.70. The van der Waals surface area contributed by atoms with Gasteiger partial charge in [0.05, 0.1) is 16.8 Å². The van der Waals surface area contributed by atoms with Gasteiger partial charge in [-0.2, -0.15) is 0 Å². The molecule has 0 spiro atoms. The lowest BCUT2D eigenvalue weighted by Crippen LogP contribution is -1.90. The van der Waals surface area contributed by atoms with Crippen molar-refractivity contribution in [2.45, 2.75) is 0 Å². The van der Waals surface area contributed by atoms with E-state index in [1.165, 1.54) is 18.3 Å². The minimum Gasteiger partial charge on any atom is -0.354 e. The predicted molar refractivity (Wildman–Crippen MR) is 74.0 cm³/mol. The first-order valence-electron chi connectivity index (χ1n) is 5.61. The minimum absolute atomic E-state index is 0.0892. The number of hydrogen-bond donors (Lipinski definition) is 0. The van der Waals surface area contributed by atoms with Crippen LogP contribution in [0, 0.1) is 16.3 Å². The van der Waals surface area contributed by atoms with Gasteiger partial charge in [0.25, 0.3) is 5.69 Å². The van der Waals surface area contributed by atoms with Gasteiger partial charge < -0.3 is 4.52 Å².